The van der Waals surface area contributed by atoms with Crippen LogP contribution in [0.15, 0.2) is 34.9 Å². The van der Waals surface area contributed by atoms with Crippen molar-refractivity contribution in [3.05, 3.63) is 39.8 Å². The van der Waals surface area contributed by atoms with Crippen LogP contribution in [0.4, 0.5) is 5.82 Å². The van der Waals surface area contributed by atoms with Crippen LogP contribution in [-0.4, -0.2) is 9.97 Å². The zero-order valence-corrected chi connectivity index (χ0v) is 14.1. The van der Waals surface area contributed by atoms with Gasteiger partial charge in [0.2, 0.25) is 0 Å². The smallest absolute Gasteiger partial charge is 0.165 e. The van der Waals surface area contributed by atoms with Crippen molar-refractivity contribution in [1.82, 2.24) is 9.97 Å². The molecule has 0 atom stereocenters. The zero-order valence-electron chi connectivity index (χ0n) is 11.9. The van der Waals surface area contributed by atoms with Gasteiger partial charge in [0, 0.05) is 5.39 Å². The van der Waals surface area contributed by atoms with Crippen LogP contribution in [0, 0.1) is 9.49 Å². The summed E-state index contributed by atoms with van der Waals surface area (Å²) >= 11 is 2.22. The van der Waals surface area contributed by atoms with Gasteiger partial charge in [0.25, 0.3) is 0 Å². The molecular weight excluding hydrogens is 377 g/mol. The molecule has 3 aromatic rings. The number of hydrogen-bond donors (Lipinski definition) is 1. The Hall–Kier alpha value is -1.63. The Morgan fingerprint density at radius 2 is 2.00 bits per heavy atom. The van der Waals surface area contributed by atoms with E-state index in [-0.39, 0.29) is 0 Å². The SMILES string of the molecule is CC(C)Cc1nc(-c2coc3ccccc23)nc(N)c1I. The van der Waals surface area contributed by atoms with Crippen LogP contribution in [0.3, 0.4) is 0 Å². The summed E-state index contributed by atoms with van der Waals surface area (Å²) in [5, 5.41) is 1.01. The van der Waals surface area contributed by atoms with E-state index in [0.29, 0.717) is 17.6 Å². The number of para-hydroxylation sites is 1. The van der Waals surface area contributed by atoms with E-state index < -0.39 is 0 Å². The number of anilines is 1. The molecule has 0 aliphatic heterocycles. The normalized spacial score (nSPS) is 11.4. The fourth-order valence-corrected chi connectivity index (χ4v) is 2.77. The third-order valence-electron chi connectivity index (χ3n) is 3.27. The van der Waals surface area contributed by atoms with E-state index in [1.54, 1.807) is 6.26 Å². The van der Waals surface area contributed by atoms with Gasteiger partial charge in [-0.1, -0.05) is 32.0 Å². The molecule has 0 unspecified atom stereocenters. The summed E-state index contributed by atoms with van der Waals surface area (Å²) < 4.78 is 6.51. The monoisotopic (exact) mass is 393 g/mol. The van der Waals surface area contributed by atoms with Crippen molar-refractivity contribution in [2.24, 2.45) is 5.92 Å². The molecule has 0 fully saturated rings. The first-order chi connectivity index (χ1) is 10.1. The Morgan fingerprint density at radius 3 is 2.76 bits per heavy atom. The minimum Gasteiger partial charge on any atom is -0.464 e. The highest BCUT2D eigenvalue weighted by Crippen LogP contribution is 2.30. The highest BCUT2D eigenvalue weighted by Gasteiger charge is 2.16. The number of rotatable bonds is 3. The van der Waals surface area contributed by atoms with E-state index in [1.807, 2.05) is 24.3 Å². The largest absolute Gasteiger partial charge is 0.464 e. The molecule has 0 aliphatic carbocycles. The van der Waals surface area contributed by atoms with Gasteiger partial charge < -0.3 is 10.2 Å². The van der Waals surface area contributed by atoms with Gasteiger partial charge in [0.05, 0.1) is 14.8 Å². The first-order valence-corrected chi connectivity index (χ1v) is 7.92. The van der Waals surface area contributed by atoms with Gasteiger partial charge in [-0.05, 0) is 41.0 Å². The molecule has 0 aliphatic rings. The van der Waals surface area contributed by atoms with E-state index in [0.717, 1.165) is 32.2 Å². The number of furan rings is 1. The lowest BCUT2D eigenvalue weighted by Crippen LogP contribution is -2.07. The molecule has 0 saturated carbocycles. The van der Waals surface area contributed by atoms with Crippen LogP contribution in [0.5, 0.6) is 0 Å². The topological polar surface area (TPSA) is 64.9 Å². The molecule has 1 aromatic carbocycles. The van der Waals surface area contributed by atoms with Gasteiger partial charge in [-0.2, -0.15) is 0 Å². The summed E-state index contributed by atoms with van der Waals surface area (Å²) in [4.78, 5) is 9.14. The maximum atomic E-state index is 6.06. The number of halogens is 1. The van der Waals surface area contributed by atoms with Crippen LogP contribution in [0.2, 0.25) is 0 Å². The van der Waals surface area contributed by atoms with E-state index in [2.05, 4.69) is 41.4 Å². The maximum absolute atomic E-state index is 6.06. The molecule has 0 amide bonds. The molecule has 4 nitrogen and oxygen atoms in total. The van der Waals surface area contributed by atoms with E-state index >= 15 is 0 Å². The number of nitrogens with two attached hydrogens (primary N) is 1. The predicted molar refractivity (Wildman–Crippen MR) is 92.9 cm³/mol. The van der Waals surface area contributed by atoms with Gasteiger partial charge >= 0.3 is 0 Å². The second kappa shape index (κ2) is 5.63. The van der Waals surface area contributed by atoms with Crippen LogP contribution in [0.1, 0.15) is 19.5 Å². The number of hydrogen-bond acceptors (Lipinski definition) is 4. The van der Waals surface area contributed by atoms with Crippen LogP contribution >= 0.6 is 22.6 Å². The highest BCUT2D eigenvalue weighted by molar-refractivity contribution is 14.1. The van der Waals surface area contributed by atoms with Crippen molar-refractivity contribution in [3.8, 4) is 11.4 Å². The lowest BCUT2D eigenvalue weighted by molar-refractivity contribution is 0.616. The van der Waals surface area contributed by atoms with Crippen LogP contribution in [-0.2, 0) is 6.42 Å². The number of fused-ring (bicyclic) bond motifs is 1. The lowest BCUT2D eigenvalue weighted by atomic mass is 10.1. The fourth-order valence-electron chi connectivity index (χ4n) is 2.31. The van der Waals surface area contributed by atoms with Crippen molar-refractivity contribution < 1.29 is 4.42 Å². The lowest BCUT2D eigenvalue weighted by Gasteiger charge is -2.10. The average Bonchev–Trinajstić information content (AvgIpc) is 2.87. The standard InChI is InChI=1S/C16H16IN3O/c1-9(2)7-12-14(17)15(18)20-16(19-12)11-8-21-13-6-4-3-5-10(11)13/h3-6,8-9H,7H2,1-2H3,(H2,18,19,20). The number of aromatic nitrogens is 2. The van der Waals surface area contributed by atoms with E-state index in [9.17, 15) is 0 Å². The molecule has 0 spiro atoms. The third-order valence-corrected chi connectivity index (χ3v) is 4.44. The van der Waals surface area contributed by atoms with Crippen molar-refractivity contribution in [2.75, 3.05) is 5.73 Å². The molecular formula is C16H16IN3O. The Kier molecular flexibility index (Phi) is 3.84. The van der Waals surface area contributed by atoms with Crippen molar-refractivity contribution in [1.29, 1.82) is 0 Å². The Morgan fingerprint density at radius 1 is 1.24 bits per heavy atom. The molecule has 21 heavy (non-hydrogen) atoms. The first-order valence-electron chi connectivity index (χ1n) is 6.84. The minimum absolute atomic E-state index is 0.516. The minimum atomic E-state index is 0.516. The van der Waals surface area contributed by atoms with Gasteiger partial charge in [-0.3, -0.25) is 0 Å². The predicted octanol–water partition coefficient (Wildman–Crippen LogP) is 4.28. The second-order valence-corrected chi connectivity index (χ2v) is 6.52. The van der Waals surface area contributed by atoms with Gasteiger partial charge in [0.1, 0.15) is 17.7 Å². The van der Waals surface area contributed by atoms with Gasteiger partial charge in [-0.25, -0.2) is 9.97 Å². The quantitative estimate of drug-likeness (QED) is 0.675. The molecule has 3 rings (SSSR count). The molecule has 2 N–H and O–H groups in total. The molecule has 0 radical (unpaired) electrons. The summed E-state index contributed by atoms with van der Waals surface area (Å²) in [5.74, 6) is 1.68. The Bertz CT molecular complexity index is 795. The summed E-state index contributed by atoms with van der Waals surface area (Å²) in [6.07, 6.45) is 2.58. The number of nitrogen functional groups attached to an aromatic ring is 1. The average molecular weight is 393 g/mol. The summed E-state index contributed by atoms with van der Waals surface area (Å²) in [7, 11) is 0. The van der Waals surface area contributed by atoms with Crippen LogP contribution in [0.25, 0.3) is 22.4 Å². The van der Waals surface area contributed by atoms with Crippen LogP contribution < -0.4 is 5.73 Å². The molecule has 2 aromatic heterocycles. The molecule has 108 valence electrons. The molecule has 0 bridgehead atoms. The Labute approximate surface area is 136 Å². The third kappa shape index (κ3) is 2.74. The van der Waals surface area contributed by atoms with Gasteiger partial charge in [-0.15, -0.1) is 0 Å². The van der Waals surface area contributed by atoms with Crippen molar-refractivity contribution in [3.63, 3.8) is 0 Å². The molecule has 0 saturated heterocycles. The maximum Gasteiger partial charge on any atom is 0.165 e. The zero-order chi connectivity index (χ0) is 15.0. The second-order valence-electron chi connectivity index (χ2n) is 5.44. The van der Waals surface area contributed by atoms with Crippen molar-refractivity contribution in [2.45, 2.75) is 20.3 Å². The van der Waals surface area contributed by atoms with Crippen molar-refractivity contribution >= 4 is 39.4 Å². The molecule has 2 heterocycles. The number of benzene rings is 1. The Balaban J connectivity index is 2.16. The first kappa shape index (κ1) is 14.3. The molecule has 5 heteroatoms. The summed E-state index contributed by atoms with van der Waals surface area (Å²) in [6.45, 7) is 4.34. The number of nitrogens with zero attached hydrogens (tertiary/aromatic N) is 2. The van der Waals surface area contributed by atoms with E-state index in [4.69, 9.17) is 15.1 Å². The van der Waals surface area contributed by atoms with E-state index in [1.165, 1.54) is 0 Å². The summed E-state index contributed by atoms with van der Waals surface area (Å²) in [6, 6.07) is 7.87. The summed E-state index contributed by atoms with van der Waals surface area (Å²) in [5.41, 5.74) is 8.78. The highest BCUT2D eigenvalue weighted by atomic mass is 127. The van der Waals surface area contributed by atoms with Gasteiger partial charge in [0.15, 0.2) is 5.82 Å². The fraction of sp³-hybridized carbons (Fsp3) is 0.250.